The number of aromatic nitrogens is 2. The maximum atomic E-state index is 6.41. The molecule has 1 saturated carbocycles. The summed E-state index contributed by atoms with van der Waals surface area (Å²) in [7, 11) is 0. The average molecular weight is 326 g/mol. The molecule has 0 amide bonds. The molecule has 6 heteroatoms. The van der Waals surface area contributed by atoms with E-state index in [-0.39, 0.29) is 23.9 Å². The van der Waals surface area contributed by atoms with Crippen LogP contribution in [-0.4, -0.2) is 10.1 Å². The van der Waals surface area contributed by atoms with Gasteiger partial charge in [0, 0.05) is 4.88 Å². The molecule has 0 aliphatic heterocycles. The molecule has 2 aliphatic carbocycles. The summed E-state index contributed by atoms with van der Waals surface area (Å²) in [5.41, 5.74) is 7.44. The molecule has 0 saturated heterocycles. The summed E-state index contributed by atoms with van der Waals surface area (Å²) in [5.74, 6) is 1.75. The van der Waals surface area contributed by atoms with Crippen molar-refractivity contribution >= 4 is 23.7 Å². The minimum atomic E-state index is -0.353. The SMILES string of the molecule is Cl.NC1(c2noc(C3CCCc4sccc43)n2)CCCC1. The predicted molar refractivity (Wildman–Crippen MR) is 85.0 cm³/mol. The van der Waals surface area contributed by atoms with Gasteiger partial charge in [-0.2, -0.15) is 4.98 Å². The first-order chi connectivity index (χ1) is 9.76. The maximum Gasteiger partial charge on any atom is 0.234 e. The van der Waals surface area contributed by atoms with Crippen LogP contribution in [0.3, 0.4) is 0 Å². The number of hydrogen-bond donors (Lipinski definition) is 1. The molecule has 2 N–H and O–H groups in total. The minimum Gasteiger partial charge on any atom is -0.339 e. The molecule has 2 aromatic rings. The second kappa shape index (κ2) is 5.71. The molecule has 2 aliphatic rings. The number of thiophene rings is 1. The molecule has 2 aromatic heterocycles. The van der Waals surface area contributed by atoms with E-state index in [2.05, 4.69) is 21.6 Å². The molecule has 1 unspecified atom stereocenters. The van der Waals surface area contributed by atoms with E-state index >= 15 is 0 Å². The Labute approximate surface area is 134 Å². The van der Waals surface area contributed by atoms with Gasteiger partial charge in [0.1, 0.15) is 0 Å². The van der Waals surface area contributed by atoms with Crippen LogP contribution in [0.25, 0.3) is 0 Å². The van der Waals surface area contributed by atoms with Gasteiger partial charge in [0.2, 0.25) is 5.89 Å². The fraction of sp³-hybridized carbons (Fsp3) is 0.600. The quantitative estimate of drug-likeness (QED) is 0.913. The molecule has 1 atom stereocenters. The zero-order valence-corrected chi connectivity index (χ0v) is 13.5. The van der Waals surface area contributed by atoms with Crippen LogP contribution < -0.4 is 5.73 Å². The van der Waals surface area contributed by atoms with Gasteiger partial charge < -0.3 is 10.3 Å². The molecule has 0 aromatic carbocycles. The number of fused-ring (bicyclic) bond motifs is 1. The predicted octanol–water partition coefficient (Wildman–Crippen LogP) is 3.75. The molecular weight excluding hydrogens is 306 g/mol. The Bertz CT molecular complexity index is 618. The van der Waals surface area contributed by atoms with Gasteiger partial charge in [-0.25, -0.2) is 0 Å². The largest absolute Gasteiger partial charge is 0.339 e. The third kappa shape index (κ3) is 2.51. The summed E-state index contributed by atoms with van der Waals surface area (Å²) < 4.78 is 5.57. The third-order valence-electron chi connectivity index (χ3n) is 4.73. The molecular formula is C15H20ClN3OS. The van der Waals surface area contributed by atoms with Crippen LogP contribution >= 0.6 is 23.7 Å². The number of rotatable bonds is 2. The zero-order chi connectivity index (χ0) is 13.6. The highest BCUT2D eigenvalue weighted by atomic mass is 35.5. The van der Waals surface area contributed by atoms with Gasteiger partial charge in [0.05, 0.1) is 11.5 Å². The van der Waals surface area contributed by atoms with Crippen LogP contribution in [0.2, 0.25) is 0 Å². The summed E-state index contributed by atoms with van der Waals surface area (Å²) in [6, 6.07) is 2.21. The lowest BCUT2D eigenvalue weighted by Gasteiger charge is -2.19. The standard InChI is InChI=1S/C15H19N3OS.ClH/c16-15(7-1-2-8-15)14-17-13(19-18-14)11-4-3-5-12-10(11)6-9-20-12;/h6,9,11H,1-5,7-8,16H2;1H. The van der Waals surface area contributed by atoms with Crippen molar-refractivity contribution in [2.75, 3.05) is 0 Å². The van der Waals surface area contributed by atoms with Gasteiger partial charge in [0.25, 0.3) is 0 Å². The van der Waals surface area contributed by atoms with Crippen molar-refractivity contribution in [2.45, 2.75) is 56.4 Å². The Morgan fingerprint density at radius 3 is 2.90 bits per heavy atom. The lowest BCUT2D eigenvalue weighted by Crippen LogP contribution is -2.34. The fourth-order valence-corrected chi connectivity index (χ4v) is 4.54. The summed E-state index contributed by atoms with van der Waals surface area (Å²) in [6.45, 7) is 0. The Hall–Kier alpha value is -0.910. The van der Waals surface area contributed by atoms with Crippen molar-refractivity contribution in [1.82, 2.24) is 10.1 Å². The highest BCUT2D eigenvalue weighted by molar-refractivity contribution is 7.10. The Morgan fingerprint density at radius 1 is 1.29 bits per heavy atom. The highest BCUT2D eigenvalue weighted by Crippen LogP contribution is 2.40. The molecule has 0 radical (unpaired) electrons. The van der Waals surface area contributed by atoms with Crippen molar-refractivity contribution in [1.29, 1.82) is 0 Å². The highest BCUT2D eigenvalue weighted by Gasteiger charge is 2.37. The van der Waals surface area contributed by atoms with E-state index in [4.69, 9.17) is 10.3 Å². The second-order valence-electron chi connectivity index (χ2n) is 6.06. The topological polar surface area (TPSA) is 64.9 Å². The lowest BCUT2D eigenvalue weighted by molar-refractivity contribution is 0.335. The second-order valence-corrected chi connectivity index (χ2v) is 7.06. The van der Waals surface area contributed by atoms with Crippen LogP contribution in [0, 0.1) is 0 Å². The van der Waals surface area contributed by atoms with Crippen molar-refractivity contribution in [3.8, 4) is 0 Å². The van der Waals surface area contributed by atoms with Gasteiger partial charge >= 0.3 is 0 Å². The van der Waals surface area contributed by atoms with Crippen LogP contribution in [0.5, 0.6) is 0 Å². The fourth-order valence-electron chi connectivity index (χ4n) is 3.55. The minimum absolute atomic E-state index is 0. The summed E-state index contributed by atoms with van der Waals surface area (Å²) >= 11 is 1.84. The third-order valence-corrected chi connectivity index (χ3v) is 5.73. The summed E-state index contributed by atoms with van der Waals surface area (Å²) in [6.07, 6.45) is 7.76. The maximum absolute atomic E-state index is 6.41. The summed E-state index contributed by atoms with van der Waals surface area (Å²) in [4.78, 5) is 6.14. The van der Waals surface area contributed by atoms with E-state index in [1.54, 1.807) is 0 Å². The van der Waals surface area contributed by atoms with E-state index in [0.29, 0.717) is 5.82 Å². The van der Waals surface area contributed by atoms with Crippen molar-refractivity contribution < 1.29 is 4.52 Å². The van der Waals surface area contributed by atoms with Gasteiger partial charge in [-0.1, -0.05) is 18.0 Å². The van der Waals surface area contributed by atoms with E-state index in [1.807, 2.05) is 11.3 Å². The zero-order valence-electron chi connectivity index (χ0n) is 11.9. The van der Waals surface area contributed by atoms with Crippen LogP contribution in [-0.2, 0) is 12.0 Å². The smallest absolute Gasteiger partial charge is 0.234 e. The monoisotopic (exact) mass is 325 g/mol. The van der Waals surface area contributed by atoms with E-state index in [1.165, 1.54) is 36.1 Å². The first-order valence-electron chi connectivity index (χ1n) is 7.45. The van der Waals surface area contributed by atoms with Crippen molar-refractivity contribution in [3.63, 3.8) is 0 Å². The van der Waals surface area contributed by atoms with Gasteiger partial charge in [0.15, 0.2) is 5.82 Å². The Balaban J connectivity index is 0.00000132. The van der Waals surface area contributed by atoms with Crippen LogP contribution in [0.1, 0.15) is 66.6 Å². The first kappa shape index (κ1) is 15.0. The van der Waals surface area contributed by atoms with Crippen LogP contribution in [0.15, 0.2) is 16.0 Å². The van der Waals surface area contributed by atoms with Gasteiger partial charge in [-0.3, -0.25) is 0 Å². The Kier molecular flexibility index (Phi) is 4.08. The first-order valence-corrected chi connectivity index (χ1v) is 8.33. The number of hydrogen-bond acceptors (Lipinski definition) is 5. The molecule has 0 spiro atoms. The number of nitrogens with two attached hydrogens (primary N) is 1. The molecule has 4 nitrogen and oxygen atoms in total. The van der Waals surface area contributed by atoms with Crippen molar-refractivity contribution in [2.24, 2.45) is 5.73 Å². The molecule has 2 heterocycles. The van der Waals surface area contributed by atoms with E-state index < -0.39 is 0 Å². The molecule has 114 valence electrons. The summed E-state index contributed by atoms with van der Waals surface area (Å²) in [5, 5.41) is 6.36. The number of aryl methyl sites for hydroxylation is 1. The number of halogens is 1. The lowest BCUT2D eigenvalue weighted by atomic mass is 9.87. The van der Waals surface area contributed by atoms with Gasteiger partial charge in [-0.15, -0.1) is 23.7 Å². The van der Waals surface area contributed by atoms with E-state index in [9.17, 15) is 0 Å². The normalized spacial score (nSPS) is 23.6. The molecule has 4 rings (SSSR count). The molecule has 21 heavy (non-hydrogen) atoms. The van der Waals surface area contributed by atoms with Crippen molar-refractivity contribution in [3.05, 3.63) is 33.6 Å². The molecule has 1 fully saturated rings. The molecule has 0 bridgehead atoms. The number of nitrogens with zero attached hydrogens (tertiary/aromatic N) is 2. The van der Waals surface area contributed by atoms with Crippen LogP contribution in [0.4, 0.5) is 0 Å². The Morgan fingerprint density at radius 2 is 2.10 bits per heavy atom. The average Bonchev–Trinajstić information content (AvgIpc) is 3.18. The van der Waals surface area contributed by atoms with Gasteiger partial charge in [-0.05, 0) is 49.1 Å². The van der Waals surface area contributed by atoms with E-state index in [0.717, 1.165) is 25.2 Å².